The van der Waals surface area contributed by atoms with Gasteiger partial charge in [-0.1, -0.05) is 41.8 Å². The highest BCUT2D eigenvalue weighted by Crippen LogP contribution is 2.35. The summed E-state index contributed by atoms with van der Waals surface area (Å²) in [7, 11) is 0. The van der Waals surface area contributed by atoms with Crippen LogP contribution in [0.2, 0.25) is 10.0 Å². The molecule has 0 saturated carbocycles. The molecule has 2 aromatic rings. The van der Waals surface area contributed by atoms with Gasteiger partial charge >= 0.3 is 0 Å². The SMILES string of the molecule is Clc1cccc(-c2csc(C3CCCCN3)n2)c1Cl. The molecule has 2 heterocycles. The predicted molar refractivity (Wildman–Crippen MR) is 82.2 cm³/mol. The number of nitrogens with zero attached hydrogens (tertiary/aromatic N) is 1. The highest BCUT2D eigenvalue weighted by molar-refractivity contribution is 7.10. The van der Waals surface area contributed by atoms with E-state index in [1.165, 1.54) is 12.8 Å². The first-order valence-electron chi connectivity index (χ1n) is 6.39. The van der Waals surface area contributed by atoms with Gasteiger partial charge in [-0.05, 0) is 25.5 Å². The molecular weight excluding hydrogens is 299 g/mol. The van der Waals surface area contributed by atoms with E-state index in [0.717, 1.165) is 29.2 Å². The van der Waals surface area contributed by atoms with E-state index in [1.54, 1.807) is 17.4 Å². The molecule has 1 aromatic heterocycles. The van der Waals surface area contributed by atoms with Crippen LogP contribution in [0.5, 0.6) is 0 Å². The lowest BCUT2D eigenvalue weighted by molar-refractivity contribution is 0.411. The fourth-order valence-corrected chi connectivity index (χ4v) is 3.66. The summed E-state index contributed by atoms with van der Waals surface area (Å²) < 4.78 is 0. The first kappa shape index (κ1) is 13.4. The van der Waals surface area contributed by atoms with Crippen molar-refractivity contribution >= 4 is 34.5 Å². The number of benzene rings is 1. The Kier molecular flexibility index (Phi) is 4.08. The zero-order valence-corrected chi connectivity index (χ0v) is 12.7. The van der Waals surface area contributed by atoms with Gasteiger partial charge in [0.1, 0.15) is 5.01 Å². The zero-order chi connectivity index (χ0) is 13.2. The Morgan fingerprint density at radius 3 is 2.95 bits per heavy atom. The maximum atomic E-state index is 6.24. The van der Waals surface area contributed by atoms with Gasteiger partial charge in [-0.25, -0.2) is 4.98 Å². The summed E-state index contributed by atoms with van der Waals surface area (Å²) in [5.74, 6) is 0. The van der Waals surface area contributed by atoms with Crippen molar-refractivity contribution in [3.63, 3.8) is 0 Å². The van der Waals surface area contributed by atoms with Crippen molar-refractivity contribution in [3.8, 4) is 11.3 Å². The molecule has 0 bridgehead atoms. The van der Waals surface area contributed by atoms with Crippen molar-refractivity contribution in [2.24, 2.45) is 0 Å². The molecule has 1 saturated heterocycles. The third-order valence-electron chi connectivity index (χ3n) is 3.36. The van der Waals surface area contributed by atoms with E-state index in [-0.39, 0.29) is 0 Å². The summed E-state index contributed by atoms with van der Waals surface area (Å²) in [5.41, 5.74) is 1.83. The van der Waals surface area contributed by atoms with E-state index in [4.69, 9.17) is 28.2 Å². The minimum absolute atomic E-state index is 0.394. The van der Waals surface area contributed by atoms with Crippen molar-refractivity contribution in [1.29, 1.82) is 0 Å². The van der Waals surface area contributed by atoms with Gasteiger partial charge in [-0.15, -0.1) is 11.3 Å². The molecular formula is C14H14Cl2N2S. The van der Waals surface area contributed by atoms with Crippen LogP contribution in [0, 0.1) is 0 Å². The normalized spacial score (nSPS) is 19.6. The highest BCUT2D eigenvalue weighted by Gasteiger charge is 2.19. The van der Waals surface area contributed by atoms with Gasteiger partial charge in [-0.3, -0.25) is 0 Å². The maximum absolute atomic E-state index is 6.24. The van der Waals surface area contributed by atoms with Crippen LogP contribution in [0.25, 0.3) is 11.3 Å². The van der Waals surface area contributed by atoms with Crippen LogP contribution in [0.3, 0.4) is 0 Å². The minimum atomic E-state index is 0.394. The number of rotatable bonds is 2. The Morgan fingerprint density at radius 1 is 1.26 bits per heavy atom. The zero-order valence-electron chi connectivity index (χ0n) is 10.3. The minimum Gasteiger partial charge on any atom is -0.308 e. The summed E-state index contributed by atoms with van der Waals surface area (Å²) in [6.45, 7) is 1.08. The van der Waals surface area contributed by atoms with Crippen molar-refractivity contribution in [1.82, 2.24) is 10.3 Å². The Labute approximate surface area is 126 Å². The molecule has 3 rings (SSSR count). The van der Waals surface area contributed by atoms with Gasteiger partial charge in [0.2, 0.25) is 0 Å². The number of aromatic nitrogens is 1. The monoisotopic (exact) mass is 312 g/mol. The van der Waals surface area contributed by atoms with Gasteiger partial charge in [0.05, 0.1) is 21.8 Å². The Hall–Kier alpha value is -0.610. The molecule has 5 heteroatoms. The molecule has 1 aliphatic rings. The first-order chi connectivity index (χ1) is 9.25. The topological polar surface area (TPSA) is 24.9 Å². The average molecular weight is 313 g/mol. The second-order valence-corrected chi connectivity index (χ2v) is 6.35. The molecule has 0 aliphatic carbocycles. The van der Waals surface area contributed by atoms with Gasteiger partial charge in [0.25, 0.3) is 0 Å². The lowest BCUT2D eigenvalue weighted by Crippen LogP contribution is -2.26. The molecule has 1 aliphatic heterocycles. The van der Waals surface area contributed by atoms with E-state index in [0.29, 0.717) is 16.1 Å². The number of nitrogens with one attached hydrogen (secondary N) is 1. The molecule has 1 atom stereocenters. The maximum Gasteiger partial charge on any atom is 0.110 e. The van der Waals surface area contributed by atoms with E-state index in [1.807, 2.05) is 12.1 Å². The van der Waals surface area contributed by atoms with Gasteiger partial charge in [-0.2, -0.15) is 0 Å². The molecule has 0 amide bonds. The van der Waals surface area contributed by atoms with Crippen molar-refractivity contribution < 1.29 is 0 Å². The van der Waals surface area contributed by atoms with Crippen LogP contribution >= 0.6 is 34.5 Å². The predicted octanol–water partition coefficient (Wildman–Crippen LogP) is 4.93. The first-order valence-corrected chi connectivity index (χ1v) is 8.02. The summed E-state index contributed by atoms with van der Waals surface area (Å²) in [6, 6.07) is 6.05. The standard InChI is InChI=1S/C14H14Cl2N2S/c15-10-5-3-4-9(13(10)16)12-8-19-14(18-12)11-6-1-2-7-17-11/h3-5,8,11,17H,1-2,6-7H2. The summed E-state index contributed by atoms with van der Waals surface area (Å²) in [6.07, 6.45) is 3.69. The summed E-state index contributed by atoms with van der Waals surface area (Å²) in [4.78, 5) is 4.72. The third-order valence-corrected chi connectivity index (χ3v) is 5.14. The Balaban J connectivity index is 1.90. The molecule has 19 heavy (non-hydrogen) atoms. The second-order valence-electron chi connectivity index (χ2n) is 4.67. The third kappa shape index (κ3) is 2.79. The molecule has 1 N–H and O–H groups in total. The Morgan fingerprint density at radius 2 is 2.16 bits per heavy atom. The molecule has 2 nitrogen and oxygen atoms in total. The molecule has 1 unspecified atom stereocenters. The molecule has 100 valence electrons. The molecule has 0 spiro atoms. The smallest absolute Gasteiger partial charge is 0.110 e. The largest absolute Gasteiger partial charge is 0.308 e. The lowest BCUT2D eigenvalue weighted by atomic mass is 10.1. The van der Waals surface area contributed by atoms with Crippen LogP contribution in [0.1, 0.15) is 30.3 Å². The highest BCUT2D eigenvalue weighted by atomic mass is 35.5. The van der Waals surface area contributed by atoms with E-state index >= 15 is 0 Å². The van der Waals surface area contributed by atoms with Gasteiger partial charge in [0.15, 0.2) is 0 Å². The average Bonchev–Trinajstić information content (AvgIpc) is 2.92. The molecule has 0 radical (unpaired) electrons. The van der Waals surface area contributed by atoms with Crippen LogP contribution in [-0.4, -0.2) is 11.5 Å². The van der Waals surface area contributed by atoms with E-state index in [2.05, 4.69) is 10.7 Å². The fraction of sp³-hybridized carbons (Fsp3) is 0.357. The van der Waals surface area contributed by atoms with E-state index in [9.17, 15) is 0 Å². The number of hydrogen-bond acceptors (Lipinski definition) is 3. The fourth-order valence-electron chi connectivity index (χ4n) is 2.34. The summed E-state index contributed by atoms with van der Waals surface area (Å²) in [5, 5.41) is 7.87. The quantitative estimate of drug-likeness (QED) is 0.850. The number of halogens is 2. The second kappa shape index (κ2) is 5.80. The number of thiazole rings is 1. The van der Waals surface area contributed by atoms with Crippen LogP contribution in [0.4, 0.5) is 0 Å². The van der Waals surface area contributed by atoms with Crippen molar-refractivity contribution in [3.05, 3.63) is 38.6 Å². The van der Waals surface area contributed by atoms with E-state index < -0.39 is 0 Å². The van der Waals surface area contributed by atoms with Crippen LogP contribution < -0.4 is 5.32 Å². The van der Waals surface area contributed by atoms with Crippen LogP contribution in [0.15, 0.2) is 23.6 Å². The van der Waals surface area contributed by atoms with Gasteiger partial charge in [0, 0.05) is 10.9 Å². The number of piperidine rings is 1. The Bertz CT molecular complexity index is 577. The van der Waals surface area contributed by atoms with Crippen LogP contribution in [-0.2, 0) is 0 Å². The number of hydrogen-bond donors (Lipinski definition) is 1. The summed E-state index contributed by atoms with van der Waals surface area (Å²) >= 11 is 14.0. The molecule has 1 fully saturated rings. The van der Waals surface area contributed by atoms with Gasteiger partial charge < -0.3 is 5.32 Å². The van der Waals surface area contributed by atoms with Crippen molar-refractivity contribution in [2.75, 3.05) is 6.54 Å². The van der Waals surface area contributed by atoms with Crippen molar-refractivity contribution in [2.45, 2.75) is 25.3 Å². The lowest BCUT2D eigenvalue weighted by Gasteiger charge is -2.21. The molecule has 1 aromatic carbocycles.